The number of rotatable bonds is 7. The van der Waals surface area contributed by atoms with Crippen molar-refractivity contribution in [3.05, 3.63) is 47.2 Å². The van der Waals surface area contributed by atoms with Crippen LogP contribution in [0, 0.1) is 6.92 Å². The number of Topliss-reactive ketones (excluding diaryl/α,β-unsaturated/α-hetero) is 1. The van der Waals surface area contributed by atoms with Crippen LogP contribution in [-0.2, 0) is 9.53 Å². The summed E-state index contributed by atoms with van der Waals surface area (Å²) < 4.78 is 10.6. The number of para-hydroxylation sites is 1. The second-order valence-corrected chi connectivity index (χ2v) is 7.31. The maximum absolute atomic E-state index is 12.6. The topological polar surface area (TPSA) is 93.3 Å². The van der Waals surface area contributed by atoms with Crippen LogP contribution in [0.15, 0.2) is 34.7 Å². The number of furan rings is 1. The predicted octanol–water partition coefficient (Wildman–Crippen LogP) is 1.31. The first-order chi connectivity index (χ1) is 14.4. The largest absolute Gasteiger partial charge is 0.462 e. The van der Waals surface area contributed by atoms with Gasteiger partial charge >= 0.3 is 5.97 Å². The lowest BCUT2D eigenvalue weighted by molar-refractivity contribution is -0.892. The number of ether oxygens (including phenoxy) is 1. The van der Waals surface area contributed by atoms with E-state index in [4.69, 9.17) is 9.15 Å². The van der Waals surface area contributed by atoms with Gasteiger partial charge in [0, 0.05) is 5.69 Å². The van der Waals surface area contributed by atoms with E-state index in [1.165, 1.54) is 12.6 Å². The number of amides is 1. The van der Waals surface area contributed by atoms with Crippen LogP contribution in [0.1, 0.15) is 40.3 Å². The van der Waals surface area contributed by atoms with E-state index in [0.29, 0.717) is 0 Å². The van der Waals surface area contributed by atoms with Crippen LogP contribution in [0.3, 0.4) is 0 Å². The summed E-state index contributed by atoms with van der Waals surface area (Å²) in [7, 11) is 0. The minimum atomic E-state index is -0.682. The molecule has 0 bridgehead atoms. The Morgan fingerprint density at radius 2 is 1.80 bits per heavy atom. The van der Waals surface area contributed by atoms with E-state index in [2.05, 4.69) is 22.3 Å². The van der Waals surface area contributed by atoms with Gasteiger partial charge in [0.2, 0.25) is 5.88 Å². The van der Waals surface area contributed by atoms with Crippen molar-refractivity contribution in [2.24, 2.45) is 0 Å². The summed E-state index contributed by atoms with van der Waals surface area (Å²) in [6.07, 6.45) is 0. The van der Waals surface area contributed by atoms with Crippen molar-refractivity contribution in [1.82, 2.24) is 0 Å². The van der Waals surface area contributed by atoms with Crippen LogP contribution in [-0.4, -0.2) is 57.0 Å². The van der Waals surface area contributed by atoms with Gasteiger partial charge in [-0.05, 0) is 32.9 Å². The number of nitrogens with one attached hydrogen (secondary N) is 2. The fraction of sp³-hybridized carbons (Fsp3) is 0.409. The Bertz CT molecular complexity index is 914. The molecule has 1 fully saturated rings. The molecule has 8 nitrogen and oxygen atoms in total. The standard InChI is InChI=1S/C22H27N3O5/c1-4-29-22(28)20-19(15(2)26)16(3)30-21(20)23-18(27)14-24-10-12-25(13-11-24)17-8-6-5-7-9-17/h5-9H,4,10-14H2,1-3H3,(H,23,27)/p+1. The number of hydrogen-bond acceptors (Lipinski definition) is 6. The van der Waals surface area contributed by atoms with Crippen LogP contribution in [0.25, 0.3) is 0 Å². The molecule has 8 heteroatoms. The van der Waals surface area contributed by atoms with Gasteiger partial charge in [0.05, 0.1) is 38.3 Å². The van der Waals surface area contributed by atoms with Crippen molar-refractivity contribution in [2.75, 3.05) is 49.5 Å². The van der Waals surface area contributed by atoms with E-state index in [-0.39, 0.29) is 47.6 Å². The molecule has 0 spiro atoms. The fourth-order valence-corrected chi connectivity index (χ4v) is 3.75. The Labute approximate surface area is 175 Å². The highest BCUT2D eigenvalue weighted by Crippen LogP contribution is 2.28. The van der Waals surface area contributed by atoms with E-state index in [0.717, 1.165) is 31.1 Å². The molecule has 160 valence electrons. The molecule has 0 aliphatic carbocycles. The number of carbonyl (C=O) groups is 3. The van der Waals surface area contributed by atoms with Crippen molar-refractivity contribution in [3.63, 3.8) is 0 Å². The third-order valence-electron chi connectivity index (χ3n) is 5.17. The Balaban J connectivity index is 1.63. The average Bonchev–Trinajstić information content (AvgIpc) is 3.05. The molecule has 1 aromatic carbocycles. The van der Waals surface area contributed by atoms with Crippen LogP contribution in [0.4, 0.5) is 11.6 Å². The highest BCUT2D eigenvalue weighted by Gasteiger charge is 2.30. The first kappa shape index (κ1) is 21.6. The van der Waals surface area contributed by atoms with E-state index < -0.39 is 5.97 Å². The number of anilines is 2. The number of esters is 1. The van der Waals surface area contributed by atoms with Gasteiger partial charge in [-0.1, -0.05) is 18.2 Å². The van der Waals surface area contributed by atoms with Gasteiger partial charge < -0.3 is 19.0 Å². The lowest BCUT2D eigenvalue weighted by atomic mass is 10.1. The third kappa shape index (κ3) is 4.88. The first-order valence-electron chi connectivity index (χ1n) is 10.2. The number of benzene rings is 1. The molecule has 3 rings (SSSR count). The summed E-state index contributed by atoms with van der Waals surface area (Å²) in [6, 6.07) is 10.2. The minimum Gasteiger partial charge on any atom is -0.462 e. The van der Waals surface area contributed by atoms with E-state index >= 15 is 0 Å². The van der Waals surface area contributed by atoms with E-state index in [9.17, 15) is 14.4 Å². The van der Waals surface area contributed by atoms with Crippen LogP contribution < -0.4 is 15.1 Å². The maximum Gasteiger partial charge on any atom is 0.344 e. The number of quaternary nitrogens is 1. The zero-order chi connectivity index (χ0) is 21.7. The number of carbonyl (C=O) groups excluding carboxylic acids is 3. The number of ketones is 1. The molecule has 1 amide bonds. The normalized spacial score (nSPS) is 14.4. The molecule has 1 aromatic heterocycles. The van der Waals surface area contributed by atoms with Crippen LogP contribution in [0.2, 0.25) is 0 Å². The minimum absolute atomic E-state index is 0.0147. The van der Waals surface area contributed by atoms with Gasteiger partial charge in [-0.2, -0.15) is 0 Å². The molecular formula is C22H28N3O5+. The molecule has 1 saturated heterocycles. The fourth-order valence-electron chi connectivity index (χ4n) is 3.75. The van der Waals surface area contributed by atoms with Crippen molar-refractivity contribution in [1.29, 1.82) is 0 Å². The number of nitrogens with zero attached hydrogens (tertiary/aromatic N) is 1. The number of hydrogen-bond donors (Lipinski definition) is 2. The molecule has 30 heavy (non-hydrogen) atoms. The smallest absolute Gasteiger partial charge is 0.344 e. The number of piperazine rings is 1. The van der Waals surface area contributed by atoms with E-state index in [1.807, 2.05) is 18.2 Å². The third-order valence-corrected chi connectivity index (χ3v) is 5.17. The van der Waals surface area contributed by atoms with Crippen molar-refractivity contribution >= 4 is 29.2 Å². The summed E-state index contributed by atoms with van der Waals surface area (Å²) in [6.45, 7) is 8.38. The summed E-state index contributed by atoms with van der Waals surface area (Å²) in [5.41, 5.74) is 1.31. The molecule has 0 radical (unpaired) electrons. The summed E-state index contributed by atoms with van der Waals surface area (Å²) in [5, 5.41) is 2.66. The molecule has 0 saturated carbocycles. The van der Waals surface area contributed by atoms with Gasteiger partial charge in [0.15, 0.2) is 12.3 Å². The molecule has 2 N–H and O–H groups in total. The molecule has 0 unspecified atom stereocenters. The van der Waals surface area contributed by atoms with Crippen molar-refractivity contribution in [3.8, 4) is 0 Å². The van der Waals surface area contributed by atoms with Crippen LogP contribution >= 0.6 is 0 Å². The van der Waals surface area contributed by atoms with Gasteiger partial charge in [0.25, 0.3) is 5.91 Å². The molecule has 1 aliphatic rings. The first-order valence-corrected chi connectivity index (χ1v) is 10.2. The Morgan fingerprint density at radius 3 is 2.40 bits per heavy atom. The Hall–Kier alpha value is -3.13. The lowest BCUT2D eigenvalue weighted by Gasteiger charge is -2.33. The molecule has 1 aliphatic heterocycles. The molecule has 0 atom stereocenters. The van der Waals surface area contributed by atoms with Crippen molar-refractivity contribution < 1.29 is 28.4 Å². The molecule has 2 heterocycles. The average molecular weight is 414 g/mol. The second kappa shape index (κ2) is 9.58. The summed E-state index contributed by atoms with van der Waals surface area (Å²) in [5.74, 6) is -1.01. The second-order valence-electron chi connectivity index (χ2n) is 7.31. The Morgan fingerprint density at radius 1 is 1.13 bits per heavy atom. The molecule has 2 aromatic rings. The Kier molecular flexibility index (Phi) is 6.89. The highest BCUT2D eigenvalue weighted by atomic mass is 16.5. The zero-order valence-electron chi connectivity index (χ0n) is 17.6. The zero-order valence-corrected chi connectivity index (χ0v) is 17.6. The van der Waals surface area contributed by atoms with Crippen LogP contribution in [0.5, 0.6) is 0 Å². The van der Waals surface area contributed by atoms with Gasteiger partial charge in [-0.15, -0.1) is 0 Å². The van der Waals surface area contributed by atoms with Crippen molar-refractivity contribution in [2.45, 2.75) is 20.8 Å². The van der Waals surface area contributed by atoms with Gasteiger partial charge in [-0.3, -0.25) is 14.9 Å². The summed E-state index contributed by atoms with van der Waals surface area (Å²) in [4.78, 5) is 40.4. The lowest BCUT2D eigenvalue weighted by Crippen LogP contribution is -3.15. The highest BCUT2D eigenvalue weighted by molar-refractivity contribution is 6.10. The maximum atomic E-state index is 12.6. The van der Waals surface area contributed by atoms with E-state index in [1.54, 1.807) is 13.8 Å². The number of aryl methyl sites for hydroxylation is 1. The molecular weight excluding hydrogens is 386 g/mol. The quantitative estimate of drug-likeness (QED) is 0.524. The monoisotopic (exact) mass is 414 g/mol. The predicted molar refractivity (Wildman–Crippen MR) is 112 cm³/mol. The van der Waals surface area contributed by atoms with Gasteiger partial charge in [0.1, 0.15) is 11.3 Å². The van der Waals surface area contributed by atoms with Gasteiger partial charge in [-0.25, -0.2) is 4.79 Å². The summed E-state index contributed by atoms with van der Waals surface area (Å²) >= 11 is 0. The SMILES string of the molecule is CCOC(=O)c1c(NC(=O)C[NH+]2CCN(c3ccccc3)CC2)oc(C)c1C(C)=O.